The number of rotatable bonds is 5. The predicted octanol–water partition coefficient (Wildman–Crippen LogP) is 1.12. The van der Waals surface area contributed by atoms with Gasteiger partial charge in [-0.25, -0.2) is 4.98 Å². The highest BCUT2D eigenvalue weighted by Gasteiger charge is 2.30. The van der Waals surface area contributed by atoms with Crippen LogP contribution in [0.2, 0.25) is 0 Å². The number of hydrogen-bond donors (Lipinski definition) is 2. The van der Waals surface area contributed by atoms with E-state index >= 15 is 0 Å². The maximum atomic E-state index is 10.8. The summed E-state index contributed by atoms with van der Waals surface area (Å²) in [6.45, 7) is 1.85. The van der Waals surface area contributed by atoms with E-state index in [1.165, 1.54) is 0 Å². The minimum Gasteiger partial charge on any atom is -0.481 e. The third-order valence-electron chi connectivity index (χ3n) is 3.05. The Morgan fingerprint density at radius 2 is 2.44 bits per heavy atom. The molecule has 1 aliphatic carbocycles. The summed E-state index contributed by atoms with van der Waals surface area (Å²) < 4.78 is 2.08. The molecule has 2 atom stereocenters. The average Bonchev–Trinajstić information content (AvgIpc) is 2.93. The molecule has 88 valence electrons. The van der Waals surface area contributed by atoms with E-state index < -0.39 is 5.97 Å². The Morgan fingerprint density at radius 1 is 1.75 bits per heavy atom. The van der Waals surface area contributed by atoms with Crippen LogP contribution in [0.4, 0.5) is 0 Å². The quantitative estimate of drug-likeness (QED) is 0.783. The Morgan fingerprint density at radius 3 is 2.94 bits per heavy atom. The minimum atomic E-state index is -0.814. The summed E-state index contributed by atoms with van der Waals surface area (Å²) in [4.78, 5) is 14.9. The van der Waals surface area contributed by atoms with Gasteiger partial charge in [-0.15, -0.1) is 0 Å². The molecule has 16 heavy (non-hydrogen) atoms. The van der Waals surface area contributed by atoms with Crippen molar-refractivity contribution in [3.63, 3.8) is 0 Å². The molecule has 5 heteroatoms. The Balaban J connectivity index is 2.23. The highest BCUT2D eigenvalue weighted by atomic mass is 16.4. The molecule has 1 aromatic heterocycles. The van der Waals surface area contributed by atoms with Crippen LogP contribution in [0.3, 0.4) is 0 Å². The topological polar surface area (TPSA) is 81.1 Å². The Hall–Kier alpha value is -1.36. The summed E-state index contributed by atoms with van der Waals surface area (Å²) >= 11 is 0. The average molecular weight is 223 g/mol. The molecule has 1 heterocycles. The first kappa shape index (κ1) is 11.1. The maximum absolute atomic E-state index is 10.8. The van der Waals surface area contributed by atoms with Crippen LogP contribution in [-0.2, 0) is 4.79 Å². The Kier molecular flexibility index (Phi) is 2.96. The Bertz CT molecular complexity index is 382. The van der Waals surface area contributed by atoms with E-state index in [9.17, 15) is 4.79 Å². The van der Waals surface area contributed by atoms with Crippen molar-refractivity contribution in [1.82, 2.24) is 9.55 Å². The van der Waals surface area contributed by atoms with Gasteiger partial charge in [0.05, 0.1) is 12.7 Å². The van der Waals surface area contributed by atoms with Crippen LogP contribution < -0.4 is 5.73 Å². The van der Waals surface area contributed by atoms with Gasteiger partial charge in [0.1, 0.15) is 0 Å². The largest absolute Gasteiger partial charge is 0.481 e. The van der Waals surface area contributed by atoms with Gasteiger partial charge >= 0.3 is 5.97 Å². The van der Waals surface area contributed by atoms with E-state index in [0.717, 1.165) is 18.5 Å². The third kappa shape index (κ3) is 2.24. The van der Waals surface area contributed by atoms with Crippen molar-refractivity contribution >= 4 is 5.97 Å². The number of hydrogen-bond acceptors (Lipinski definition) is 3. The van der Waals surface area contributed by atoms with Gasteiger partial charge in [-0.2, -0.15) is 0 Å². The molecule has 2 rings (SSSR count). The maximum Gasteiger partial charge on any atom is 0.304 e. The van der Waals surface area contributed by atoms with Gasteiger partial charge in [-0.3, -0.25) is 4.79 Å². The predicted molar refractivity (Wildman–Crippen MR) is 59.1 cm³/mol. The van der Waals surface area contributed by atoms with Gasteiger partial charge in [0, 0.05) is 29.9 Å². The Labute approximate surface area is 94.3 Å². The van der Waals surface area contributed by atoms with E-state index in [1.807, 2.05) is 6.92 Å². The molecule has 0 aliphatic heterocycles. The number of carboxylic acid groups (broad SMARTS) is 1. The SMILES string of the molecule is CC(N)C(CC(=O)O)c1cncn1C1CC1. The van der Waals surface area contributed by atoms with Gasteiger partial charge in [0.15, 0.2) is 0 Å². The molecule has 1 aliphatic rings. The third-order valence-corrected chi connectivity index (χ3v) is 3.05. The second-order valence-electron chi connectivity index (χ2n) is 4.52. The second kappa shape index (κ2) is 4.25. The van der Waals surface area contributed by atoms with Crippen molar-refractivity contribution in [2.45, 2.75) is 44.2 Å². The van der Waals surface area contributed by atoms with Gasteiger partial charge in [0.2, 0.25) is 0 Å². The monoisotopic (exact) mass is 223 g/mol. The van der Waals surface area contributed by atoms with Crippen LogP contribution in [0.15, 0.2) is 12.5 Å². The summed E-state index contributed by atoms with van der Waals surface area (Å²) in [6.07, 6.45) is 5.90. The zero-order chi connectivity index (χ0) is 11.7. The van der Waals surface area contributed by atoms with Crippen molar-refractivity contribution in [1.29, 1.82) is 0 Å². The van der Waals surface area contributed by atoms with E-state index in [0.29, 0.717) is 6.04 Å². The molecular formula is C11H17N3O2. The molecule has 1 aromatic rings. The van der Waals surface area contributed by atoms with Crippen LogP contribution in [0.5, 0.6) is 0 Å². The summed E-state index contributed by atoms with van der Waals surface area (Å²) in [5.41, 5.74) is 6.82. The van der Waals surface area contributed by atoms with Crippen molar-refractivity contribution in [2.24, 2.45) is 5.73 Å². The zero-order valence-electron chi connectivity index (χ0n) is 9.34. The number of nitrogens with zero attached hydrogens (tertiary/aromatic N) is 2. The summed E-state index contributed by atoms with van der Waals surface area (Å²) in [5.74, 6) is -0.966. The van der Waals surface area contributed by atoms with E-state index in [-0.39, 0.29) is 18.4 Å². The molecule has 2 unspecified atom stereocenters. The first-order chi connectivity index (χ1) is 7.59. The number of carbonyl (C=O) groups is 1. The van der Waals surface area contributed by atoms with Crippen LogP contribution in [0, 0.1) is 0 Å². The first-order valence-electron chi connectivity index (χ1n) is 5.58. The molecule has 5 nitrogen and oxygen atoms in total. The van der Waals surface area contributed by atoms with Crippen LogP contribution in [-0.4, -0.2) is 26.7 Å². The molecule has 0 radical (unpaired) electrons. The molecule has 1 saturated carbocycles. The molecule has 0 amide bonds. The fourth-order valence-electron chi connectivity index (χ4n) is 2.01. The standard InChI is InChI=1S/C11H17N3O2/c1-7(12)9(4-11(15)16)10-5-13-6-14(10)8-2-3-8/h5-9H,2-4,12H2,1H3,(H,15,16). The van der Waals surface area contributed by atoms with Crippen LogP contribution in [0.25, 0.3) is 0 Å². The lowest BCUT2D eigenvalue weighted by molar-refractivity contribution is -0.137. The summed E-state index contributed by atoms with van der Waals surface area (Å²) in [5, 5.41) is 8.89. The van der Waals surface area contributed by atoms with Gasteiger partial charge in [-0.05, 0) is 19.8 Å². The first-order valence-corrected chi connectivity index (χ1v) is 5.58. The lowest BCUT2D eigenvalue weighted by atomic mass is 9.94. The molecule has 0 aromatic carbocycles. The highest BCUT2D eigenvalue weighted by Crippen LogP contribution is 2.38. The van der Waals surface area contributed by atoms with Crippen molar-refractivity contribution in [3.05, 3.63) is 18.2 Å². The smallest absolute Gasteiger partial charge is 0.304 e. The normalized spacial score (nSPS) is 19.4. The number of imidazole rings is 1. The van der Waals surface area contributed by atoms with Gasteiger partial charge < -0.3 is 15.4 Å². The summed E-state index contributed by atoms with van der Waals surface area (Å²) in [6, 6.07) is 0.331. The van der Waals surface area contributed by atoms with Crippen LogP contribution >= 0.6 is 0 Å². The van der Waals surface area contributed by atoms with Gasteiger partial charge in [-0.1, -0.05) is 0 Å². The lowest BCUT2D eigenvalue weighted by Gasteiger charge is -2.20. The number of carboxylic acids is 1. The molecule has 1 fully saturated rings. The van der Waals surface area contributed by atoms with Crippen molar-refractivity contribution in [3.8, 4) is 0 Å². The highest BCUT2D eigenvalue weighted by molar-refractivity contribution is 5.68. The fraction of sp³-hybridized carbons (Fsp3) is 0.636. The van der Waals surface area contributed by atoms with Crippen molar-refractivity contribution < 1.29 is 9.90 Å². The fourth-order valence-corrected chi connectivity index (χ4v) is 2.01. The zero-order valence-corrected chi connectivity index (χ0v) is 9.34. The number of aliphatic carboxylic acids is 1. The number of nitrogens with two attached hydrogens (primary N) is 1. The van der Waals surface area contributed by atoms with Crippen LogP contribution in [0.1, 0.15) is 43.8 Å². The summed E-state index contributed by atoms with van der Waals surface area (Å²) in [7, 11) is 0. The van der Waals surface area contributed by atoms with E-state index in [4.69, 9.17) is 10.8 Å². The molecular weight excluding hydrogens is 206 g/mol. The second-order valence-corrected chi connectivity index (χ2v) is 4.52. The van der Waals surface area contributed by atoms with Crippen molar-refractivity contribution in [2.75, 3.05) is 0 Å². The lowest BCUT2D eigenvalue weighted by Crippen LogP contribution is -2.28. The molecule has 0 saturated heterocycles. The van der Waals surface area contributed by atoms with Gasteiger partial charge in [0.25, 0.3) is 0 Å². The number of aromatic nitrogens is 2. The van der Waals surface area contributed by atoms with E-state index in [1.54, 1.807) is 12.5 Å². The molecule has 3 N–H and O–H groups in total. The van der Waals surface area contributed by atoms with E-state index in [2.05, 4.69) is 9.55 Å². The molecule has 0 bridgehead atoms. The molecule has 0 spiro atoms. The minimum absolute atomic E-state index is 0.0656.